The predicted molar refractivity (Wildman–Crippen MR) is 130 cm³/mol. The Bertz CT molecular complexity index is 961. The molecule has 2 rings (SSSR count). The highest BCUT2D eigenvalue weighted by atomic mass is 31.2. The molecule has 1 amide bonds. The molecule has 2 heterocycles. The van der Waals surface area contributed by atoms with Gasteiger partial charge < -0.3 is 34.6 Å². The van der Waals surface area contributed by atoms with E-state index in [1.807, 2.05) is 0 Å². The van der Waals surface area contributed by atoms with Crippen molar-refractivity contribution >= 4 is 25.7 Å². The molecule has 0 unspecified atom stereocenters. The van der Waals surface area contributed by atoms with E-state index >= 15 is 0 Å². The Kier molecular flexibility index (Phi) is 9.92. The van der Waals surface area contributed by atoms with Gasteiger partial charge >= 0.3 is 19.8 Å². The smallest absolute Gasteiger partial charge is 0.437 e. The summed E-state index contributed by atoms with van der Waals surface area (Å²) in [5.74, 6) is -1.65. The fourth-order valence-electron chi connectivity index (χ4n) is 3.08. The molecule has 14 nitrogen and oxygen atoms in total. The SMILES string of the molecule is C=C1NC(=O)C=CN1[C@@H]1O[C@H](COP(=O)(OCOC(=O)C(C)(C)C)OCOC(=O)C(C)(C)C)[C@@H](O)[C@@]1(C)O. The Morgan fingerprint density at radius 3 is 2.05 bits per heavy atom. The first-order chi connectivity index (χ1) is 17.3. The van der Waals surface area contributed by atoms with E-state index in [2.05, 4.69) is 11.9 Å². The average Bonchev–Trinajstić information content (AvgIpc) is 3.00. The Morgan fingerprint density at radius 1 is 1.11 bits per heavy atom. The molecule has 0 bridgehead atoms. The second-order valence-electron chi connectivity index (χ2n) is 11.0. The van der Waals surface area contributed by atoms with E-state index in [-0.39, 0.29) is 5.82 Å². The summed E-state index contributed by atoms with van der Waals surface area (Å²) >= 11 is 0. The first-order valence-corrected chi connectivity index (χ1v) is 13.1. The van der Waals surface area contributed by atoms with Gasteiger partial charge in [-0.2, -0.15) is 0 Å². The molecule has 38 heavy (non-hydrogen) atoms. The van der Waals surface area contributed by atoms with E-state index in [4.69, 9.17) is 27.8 Å². The summed E-state index contributed by atoms with van der Waals surface area (Å²) in [6, 6.07) is 0. The van der Waals surface area contributed by atoms with E-state index in [1.54, 1.807) is 41.5 Å². The maximum Gasteiger partial charge on any atom is 0.480 e. The number of hydrogen-bond acceptors (Lipinski definition) is 13. The normalized spacial score (nSPS) is 26.3. The molecule has 0 aromatic rings. The molecule has 3 N–H and O–H groups in total. The van der Waals surface area contributed by atoms with Gasteiger partial charge in [0.15, 0.2) is 6.23 Å². The quantitative estimate of drug-likeness (QED) is 0.198. The maximum atomic E-state index is 13.2. The number of amides is 1. The minimum atomic E-state index is -4.56. The van der Waals surface area contributed by atoms with E-state index in [0.717, 1.165) is 0 Å². The van der Waals surface area contributed by atoms with Gasteiger partial charge in [-0.05, 0) is 48.5 Å². The fraction of sp³-hybridized carbons (Fsp3) is 0.696. The van der Waals surface area contributed by atoms with Crippen LogP contribution in [0.15, 0.2) is 24.7 Å². The molecule has 0 saturated carbocycles. The van der Waals surface area contributed by atoms with Crippen LogP contribution in [-0.4, -0.2) is 77.2 Å². The molecule has 2 aliphatic heterocycles. The number of esters is 2. The third kappa shape index (κ3) is 8.09. The maximum absolute atomic E-state index is 13.2. The molecule has 0 radical (unpaired) electrons. The van der Waals surface area contributed by atoms with Gasteiger partial charge in [-0.25, -0.2) is 13.6 Å². The first kappa shape index (κ1) is 31.9. The van der Waals surface area contributed by atoms with Gasteiger partial charge in [-0.1, -0.05) is 6.58 Å². The van der Waals surface area contributed by atoms with Crippen molar-refractivity contribution in [3.05, 3.63) is 24.7 Å². The average molecular weight is 565 g/mol. The van der Waals surface area contributed by atoms with Gasteiger partial charge in [0.1, 0.15) is 23.6 Å². The van der Waals surface area contributed by atoms with Crippen LogP contribution in [0.1, 0.15) is 48.5 Å². The molecule has 1 fully saturated rings. The molecule has 0 aromatic heterocycles. The highest BCUT2D eigenvalue weighted by molar-refractivity contribution is 7.48. The highest BCUT2D eigenvalue weighted by Crippen LogP contribution is 2.50. The number of nitrogens with one attached hydrogen (secondary N) is 1. The Morgan fingerprint density at radius 2 is 1.61 bits per heavy atom. The number of phosphoric acid groups is 1. The van der Waals surface area contributed by atoms with Crippen LogP contribution in [0, 0.1) is 10.8 Å². The van der Waals surface area contributed by atoms with Crippen molar-refractivity contribution in [2.75, 3.05) is 20.2 Å². The number of ether oxygens (including phenoxy) is 3. The molecule has 0 aliphatic carbocycles. The molecule has 4 atom stereocenters. The molecular formula is C23H37N2O12P. The molecule has 15 heteroatoms. The summed E-state index contributed by atoms with van der Waals surface area (Å²) in [5, 5.41) is 24.1. The van der Waals surface area contributed by atoms with E-state index < -0.39 is 80.7 Å². The van der Waals surface area contributed by atoms with Crippen LogP contribution in [-0.2, 0) is 46.7 Å². The minimum Gasteiger partial charge on any atom is -0.437 e. The van der Waals surface area contributed by atoms with Crippen LogP contribution in [0.25, 0.3) is 0 Å². The Labute approximate surface area is 221 Å². The predicted octanol–water partition coefficient (Wildman–Crippen LogP) is 1.49. The van der Waals surface area contributed by atoms with Gasteiger partial charge in [0.05, 0.1) is 17.4 Å². The fourth-order valence-corrected chi connectivity index (χ4v) is 4.00. The number of aliphatic hydroxyl groups excluding tert-OH is 1. The minimum absolute atomic E-state index is 0.0928. The van der Waals surface area contributed by atoms with Crippen molar-refractivity contribution in [2.24, 2.45) is 10.8 Å². The molecular weight excluding hydrogens is 527 g/mol. The summed E-state index contributed by atoms with van der Waals surface area (Å²) in [7, 11) is -4.56. The van der Waals surface area contributed by atoms with Crippen molar-refractivity contribution in [1.82, 2.24) is 10.2 Å². The third-order valence-corrected chi connectivity index (χ3v) is 6.70. The zero-order chi connectivity index (χ0) is 29.1. The van der Waals surface area contributed by atoms with Crippen LogP contribution in [0.5, 0.6) is 0 Å². The Balaban J connectivity index is 2.10. The summed E-state index contributed by atoms with van der Waals surface area (Å²) < 4.78 is 44.3. The summed E-state index contributed by atoms with van der Waals surface area (Å²) in [6.45, 7) is 12.4. The van der Waals surface area contributed by atoms with Crippen LogP contribution in [0.2, 0.25) is 0 Å². The van der Waals surface area contributed by atoms with Crippen molar-refractivity contribution < 1.29 is 56.9 Å². The second-order valence-corrected chi connectivity index (χ2v) is 12.6. The number of carbonyl (C=O) groups excluding carboxylic acids is 3. The summed E-state index contributed by atoms with van der Waals surface area (Å²) in [4.78, 5) is 36.8. The van der Waals surface area contributed by atoms with Crippen LogP contribution >= 0.6 is 7.82 Å². The zero-order valence-electron chi connectivity index (χ0n) is 22.6. The zero-order valence-corrected chi connectivity index (χ0v) is 23.5. The highest BCUT2D eigenvalue weighted by Gasteiger charge is 2.55. The van der Waals surface area contributed by atoms with Gasteiger partial charge in [0.25, 0.3) is 5.91 Å². The number of hydrogen-bond donors (Lipinski definition) is 3. The summed E-state index contributed by atoms with van der Waals surface area (Å²) in [5.41, 5.74) is -3.63. The molecule has 2 aliphatic rings. The van der Waals surface area contributed by atoms with Gasteiger partial charge in [0.2, 0.25) is 13.6 Å². The van der Waals surface area contributed by atoms with Gasteiger partial charge in [0, 0.05) is 12.3 Å². The van der Waals surface area contributed by atoms with Gasteiger partial charge in [-0.15, -0.1) is 0 Å². The van der Waals surface area contributed by atoms with Crippen LogP contribution in [0.3, 0.4) is 0 Å². The standard InChI is InChI=1S/C23H37N2O12P/c1-14-24-16(26)9-10-25(14)18-23(8,30)17(27)15(37-18)11-34-38(31,35-12-32-19(28)21(2,3)4)36-13-33-20(29)22(5,6)7/h9-10,15,17-18,27,30H,1,11-13H2,2-8H3,(H,24,26)/t15-,17-,18-,23-/m1/s1. The molecule has 1 saturated heterocycles. The number of carbonyl (C=O) groups is 3. The Hall–Kier alpha value is -2.32. The number of aliphatic hydroxyl groups is 2. The van der Waals surface area contributed by atoms with E-state index in [1.165, 1.54) is 24.1 Å². The lowest BCUT2D eigenvalue weighted by Gasteiger charge is -2.37. The van der Waals surface area contributed by atoms with E-state index in [0.29, 0.717) is 0 Å². The van der Waals surface area contributed by atoms with Gasteiger partial charge in [-0.3, -0.25) is 18.9 Å². The lowest BCUT2D eigenvalue weighted by atomic mass is 9.96. The third-order valence-electron chi connectivity index (χ3n) is 5.40. The largest absolute Gasteiger partial charge is 0.480 e. The molecule has 0 spiro atoms. The van der Waals surface area contributed by atoms with Crippen LogP contribution < -0.4 is 5.32 Å². The topological polar surface area (TPSA) is 179 Å². The van der Waals surface area contributed by atoms with Crippen molar-refractivity contribution in [1.29, 1.82) is 0 Å². The lowest BCUT2D eigenvalue weighted by Crippen LogP contribution is -2.53. The van der Waals surface area contributed by atoms with Crippen molar-refractivity contribution in [3.63, 3.8) is 0 Å². The first-order valence-electron chi connectivity index (χ1n) is 11.7. The number of rotatable bonds is 10. The molecule has 216 valence electrons. The molecule has 0 aromatic carbocycles. The summed E-state index contributed by atoms with van der Waals surface area (Å²) in [6.07, 6.45) is -1.53. The lowest BCUT2D eigenvalue weighted by molar-refractivity contribution is -0.163. The van der Waals surface area contributed by atoms with Crippen LogP contribution in [0.4, 0.5) is 0 Å². The van der Waals surface area contributed by atoms with Crippen molar-refractivity contribution in [2.45, 2.75) is 72.5 Å². The number of nitrogens with zero attached hydrogens (tertiary/aromatic N) is 1. The van der Waals surface area contributed by atoms with Crippen molar-refractivity contribution in [3.8, 4) is 0 Å². The second kappa shape index (κ2) is 11.8. The number of phosphoric ester groups is 1. The monoisotopic (exact) mass is 564 g/mol. The van der Waals surface area contributed by atoms with E-state index in [9.17, 15) is 29.2 Å².